The van der Waals surface area contributed by atoms with Crippen LogP contribution in [0, 0.1) is 11.8 Å². The van der Waals surface area contributed by atoms with Crippen molar-refractivity contribution in [3.05, 3.63) is 89.0 Å². The second-order valence-corrected chi connectivity index (χ2v) is 20.1. The fourth-order valence-electron chi connectivity index (χ4n) is 11.7. The summed E-state index contributed by atoms with van der Waals surface area (Å²) in [5, 5.41) is 12.5. The summed E-state index contributed by atoms with van der Waals surface area (Å²) in [6, 6.07) is 20.5. The predicted molar refractivity (Wildman–Crippen MR) is 258 cm³/mol. The van der Waals surface area contributed by atoms with Crippen molar-refractivity contribution in [2.24, 2.45) is 11.8 Å². The third-order valence-electron chi connectivity index (χ3n) is 15.2. The first kappa shape index (κ1) is 46.0. The molecule has 3 saturated heterocycles. The fourth-order valence-corrected chi connectivity index (χ4v) is 11.7. The normalized spacial score (nSPS) is 22.3. The highest BCUT2D eigenvalue weighted by Crippen LogP contribution is 2.48. The lowest BCUT2D eigenvalue weighted by Crippen LogP contribution is -2.51. The summed E-state index contributed by atoms with van der Waals surface area (Å²) in [5.74, 6) is 1.47. The van der Waals surface area contributed by atoms with Crippen LogP contribution in [0.5, 0.6) is 0 Å². The Labute approximate surface area is 393 Å². The molecule has 0 bridgehead atoms. The van der Waals surface area contributed by atoms with Crippen LogP contribution in [0.4, 0.5) is 15.3 Å². The number of nitrogens with one attached hydrogen (secondary N) is 3. The number of hydrogen-bond acceptors (Lipinski definition) is 8. The predicted octanol–water partition coefficient (Wildman–Crippen LogP) is 9.91. The van der Waals surface area contributed by atoms with Gasteiger partial charge in [0.2, 0.25) is 11.8 Å². The molecule has 0 spiro atoms. The Morgan fingerprint density at radius 1 is 0.672 bits per heavy atom. The van der Waals surface area contributed by atoms with Gasteiger partial charge in [0, 0.05) is 25.8 Å². The van der Waals surface area contributed by atoms with Crippen molar-refractivity contribution in [2.45, 2.75) is 140 Å². The molecule has 356 valence electrons. The largest absolute Gasteiger partial charge is 0.465 e. The quantitative estimate of drug-likeness (QED) is 0.0948. The average Bonchev–Trinajstić information content (AvgIpc) is 4.19. The number of H-pyrrole nitrogens is 2. The van der Waals surface area contributed by atoms with E-state index in [1.807, 2.05) is 37.5 Å². The van der Waals surface area contributed by atoms with Crippen molar-refractivity contribution in [1.29, 1.82) is 0 Å². The molecule has 5 heterocycles. The van der Waals surface area contributed by atoms with Crippen LogP contribution in [-0.4, -0.2) is 103 Å². The van der Waals surface area contributed by atoms with Gasteiger partial charge >= 0.3 is 12.2 Å². The van der Waals surface area contributed by atoms with Crippen LogP contribution in [0.3, 0.4) is 0 Å². The van der Waals surface area contributed by atoms with E-state index in [0.717, 1.165) is 77.1 Å². The number of nitrogens with zero attached hydrogens (tertiary/aromatic N) is 6. The lowest BCUT2D eigenvalue weighted by Gasteiger charge is -2.34. The Bertz CT molecular complexity index is 2600. The molecule has 3 aromatic carbocycles. The first-order valence-corrected chi connectivity index (χ1v) is 24.6. The molecular formula is C52H67N9O6. The molecule has 1 aliphatic carbocycles. The van der Waals surface area contributed by atoms with E-state index in [0.29, 0.717) is 19.0 Å². The highest BCUT2D eigenvalue weighted by atomic mass is 16.5. The number of benzene rings is 3. The first-order chi connectivity index (χ1) is 32.3. The van der Waals surface area contributed by atoms with Crippen molar-refractivity contribution in [3.63, 3.8) is 0 Å². The minimum atomic E-state index is -1.12. The van der Waals surface area contributed by atoms with Gasteiger partial charge in [-0.05, 0) is 122 Å². The standard InChI is InChI=1S/C52H67N9O6/c1-30(2)45(57-51(64)67-6)49(62)59-26-10-14-43(59)47-53-37-22-18-34(28-39(37)55-47)41-24-25-42(61(41)36-20-16-33(17-21-36)32-12-8-7-9-13-32)35-19-23-38-40(29-35)56-48(54-38)44-15-11-27-60(44)50(63)46(31(3)4)58(5)52(65)66/h16-23,28-32,41-46H,7-15,24-27H2,1-6H3,(H,53,55)(H,54,56)(H,57,64)(H,65,66)/t41-,42-,43+,44+,45+,46+/m1/s1. The number of methoxy groups -OCH3 is 1. The SMILES string of the molecule is COC(=O)N[C@H](C(=O)N1CCC[C@H]1c1nc2ccc([C@H]3CC[C@H](c4ccc5nc([C@@H]6CCCN6C(=O)[C@H](C(C)C)N(C)C(=O)O)[nH]c5c4)N3c3ccc(C4CCCCC4)cc3)cc2[nH]1)C(C)C. The monoisotopic (exact) mass is 914 g/mol. The maximum Gasteiger partial charge on any atom is 0.407 e. The van der Waals surface area contributed by atoms with Gasteiger partial charge in [-0.3, -0.25) is 14.5 Å². The molecular weight excluding hydrogens is 847 g/mol. The van der Waals surface area contributed by atoms with Crippen LogP contribution in [-0.2, 0) is 14.3 Å². The van der Waals surface area contributed by atoms with E-state index in [-0.39, 0.29) is 47.8 Å². The average molecular weight is 914 g/mol. The van der Waals surface area contributed by atoms with Crippen molar-refractivity contribution < 1.29 is 29.0 Å². The van der Waals surface area contributed by atoms with Crippen LogP contribution < -0.4 is 10.2 Å². The Hall–Kier alpha value is -6.12. The zero-order chi connectivity index (χ0) is 47.1. The highest BCUT2D eigenvalue weighted by molar-refractivity contribution is 5.87. The molecule has 15 heteroatoms. The summed E-state index contributed by atoms with van der Waals surface area (Å²) in [4.78, 5) is 76.8. The number of carbonyl (C=O) groups is 4. The lowest BCUT2D eigenvalue weighted by molar-refractivity contribution is -0.138. The maximum absolute atomic E-state index is 14.0. The molecule has 4 amide bonds. The topological polar surface area (TPSA) is 180 Å². The van der Waals surface area contributed by atoms with Gasteiger partial charge in [-0.25, -0.2) is 19.6 Å². The molecule has 1 saturated carbocycles. The Morgan fingerprint density at radius 2 is 1.19 bits per heavy atom. The van der Waals surface area contributed by atoms with Gasteiger partial charge in [0.1, 0.15) is 23.7 Å². The molecule has 9 rings (SSSR count). The summed E-state index contributed by atoms with van der Waals surface area (Å²) in [7, 11) is 2.78. The summed E-state index contributed by atoms with van der Waals surface area (Å²) in [6.45, 7) is 8.76. The van der Waals surface area contributed by atoms with Crippen LogP contribution in [0.15, 0.2) is 60.7 Å². The van der Waals surface area contributed by atoms with Crippen molar-refractivity contribution in [3.8, 4) is 0 Å². The second-order valence-electron chi connectivity index (χ2n) is 20.1. The van der Waals surface area contributed by atoms with Crippen LogP contribution in [0.1, 0.15) is 157 Å². The molecule has 6 atom stereocenters. The van der Waals surface area contributed by atoms with Gasteiger partial charge < -0.3 is 39.8 Å². The molecule has 67 heavy (non-hydrogen) atoms. The van der Waals surface area contributed by atoms with Gasteiger partial charge in [-0.2, -0.15) is 0 Å². The number of aromatic amines is 2. The number of carboxylic acid groups (broad SMARTS) is 1. The molecule has 4 fully saturated rings. The molecule has 2 aromatic heterocycles. The number of likely N-dealkylation sites (tertiary alicyclic amines) is 2. The van der Waals surface area contributed by atoms with Crippen molar-refractivity contribution in [2.75, 3.05) is 32.1 Å². The van der Waals surface area contributed by atoms with Gasteiger partial charge in [0.15, 0.2) is 0 Å². The van der Waals surface area contributed by atoms with E-state index in [1.165, 1.54) is 68.6 Å². The molecule has 0 radical (unpaired) electrons. The Morgan fingerprint density at radius 3 is 1.69 bits per heavy atom. The molecule has 4 N–H and O–H groups in total. The van der Waals surface area contributed by atoms with Crippen LogP contribution in [0.2, 0.25) is 0 Å². The number of rotatable bonds is 12. The van der Waals surface area contributed by atoms with E-state index in [1.54, 1.807) is 0 Å². The summed E-state index contributed by atoms with van der Waals surface area (Å²) in [6.07, 6.45) is 9.69. The minimum Gasteiger partial charge on any atom is -0.465 e. The molecule has 4 aliphatic rings. The number of imidazole rings is 2. The number of aromatic nitrogens is 4. The van der Waals surface area contributed by atoms with E-state index < -0.39 is 24.3 Å². The maximum atomic E-state index is 14.0. The smallest absolute Gasteiger partial charge is 0.407 e. The number of carbonyl (C=O) groups excluding carboxylic acids is 3. The van der Waals surface area contributed by atoms with Gasteiger partial charge in [-0.1, -0.05) is 71.2 Å². The zero-order valence-corrected chi connectivity index (χ0v) is 39.8. The summed E-state index contributed by atoms with van der Waals surface area (Å²) in [5.41, 5.74) is 8.49. The summed E-state index contributed by atoms with van der Waals surface area (Å²) < 4.78 is 4.84. The number of alkyl carbamates (subject to hydrolysis) is 1. The van der Waals surface area contributed by atoms with E-state index >= 15 is 0 Å². The summed E-state index contributed by atoms with van der Waals surface area (Å²) >= 11 is 0. The molecule has 5 aromatic rings. The number of hydrogen-bond donors (Lipinski definition) is 4. The van der Waals surface area contributed by atoms with Gasteiger partial charge in [0.25, 0.3) is 0 Å². The first-order valence-electron chi connectivity index (χ1n) is 24.6. The molecule has 15 nitrogen and oxygen atoms in total. The van der Waals surface area contributed by atoms with Crippen LogP contribution >= 0.6 is 0 Å². The van der Waals surface area contributed by atoms with Crippen molar-refractivity contribution >= 4 is 51.8 Å². The van der Waals surface area contributed by atoms with Crippen molar-refractivity contribution in [1.82, 2.24) is 40.0 Å². The lowest BCUT2D eigenvalue weighted by atomic mass is 9.84. The number of anilines is 1. The zero-order valence-electron chi connectivity index (χ0n) is 39.8. The number of amides is 4. The minimum absolute atomic E-state index is 0.0724. The van der Waals surface area contributed by atoms with Crippen LogP contribution in [0.25, 0.3) is 22.1 Å². The van der Waals surface area contributed by atoms with E-state index in [4.69, 9.17) is 14.7 Å². The fraction of sp³-hybridized carbons (Fsp3) is 0.538. The highest BCUT2D eigenvalue weighted by Gasteiger charge is 2.41. The number of likely N-dealkylation sites (N-methyl/N-ethyl adjacent to an activating group) is 1. The third kappa shape index (κ3) is 9.05. The third-order valence-corrected chi connectivity index (χ3v) is 15.2. The number of fused-ring (bicyclic) bond motifs is 2. The van der Waals surface area contributed by atoms with E-state index in [9.17, 15) is 24.3 Å². The second kappa shape index (κ2) is 19.2. The van der Waals surface area contributed by atoms with E-state index in [2.05, 4.69) is 80.8 Å². The Kier molecular flexibility index (Phi) is 13.2. The van der Waals surface area contributed by atoms with Gasteiger partial charge in [-0.15, -0.1) is 0 Å². The number of ether oxygens (including phenoxy) is 1. The molecule has 0 unspecified atom stereocenters. The van der Waals surface area contributed by atoms with Gasteiger partial charge in [0.05, 0.1) is 53.3 Å². The Balaban J connectivity index is 1.01. The molecule has 3 aliphatic heterocycles.